The Hall–Kier alpha value is -1.63. The van der Waals surface area contributed by atoms with Crippen LogP contribution in [0.5, 0.6) is 0 Å². The van der Waals surface area contributed by atoms with Gasteiger partial charge in [0, 0.05) is 17.8 Å². The van der Waals surface area contributed by atoms with E-state index in [1.165, 1.54) is 0 Å². The highest BCUT2D eigenvalue weighted by Gasteiger charge is 2.69. The Balaban J connectivity index is 1.31. The lowest BCUT2D eigenvalue weighted by Gasteiger charge is -2.60. The summed E-state index contributed by atoms with van der Waals surface area (Å²) in [7, 11) is 0. The van der Waals surface area contributed by atoms with Crippen molar-refractivity contribution >= 4 is 17.7 Å². The summed E-state index contributed by atoms with van der Waals surface area (Å²) in [5, 5.41) is 60.5. The molecule has 0 amide bonds. The van der Waals surface area contributed by atoms with E-state index in [1.54, 1.807) is 6.92 Å². The van der Waals surface area contributed by atoms with Gasteiger partial charge in [-0.2, -0.15) is 0 Å². The molecule has 0 spiro atoms. The Kier molecular flexibility index (Phi) is 6.53. The fourth-order valence-electron chi connectivity index (χ4n) is 8.87. The van der Waals surface area contributed by atoms with E-state index >= 15 is 0 Å². The number of ether oxygens (including phenoxy) is 2. The van der Waals surface area contributed by atoms with Crippen molar-refractivity contribution in [1.82, 2.24) is 0 Å². The molecule has 5 fully saturated rings. The zero-order chi connectivity index (χ0) is 27.1. The van der Waals surface area contributed by atoms with E-state index < -0.39 is 59.8 Å². The molecule has 1 aliphatic heterocycles. The highest BCUT2D eigenvalue weighted by molar-refractivity contribution is 5.87. The Morgan fingerprint density at radius 1 is 0.973 bits per heavy atom. The molecule has 6 N–H and O–H groups in total. The summed E-state index contributed by atoms with van der Waals surface area (Å²) in [6.45, 7) is 3.88. The molecule has 1 heterocycles. The zero-order valence-corrected chi connectivity index (χ0v) is 21.2. The van der Waals surface area contributed by atoms with Crippen molar-refractivity contribution in [3.63, 3.8) is 0 Å². The summed E-state index contributed by atoms with van der Waals surface area (Å²) in [4.78, 5) is 37.1. The van der Waals surface area contributed by atoms with Crippen LogP contribution in [0.3, 0.4) is 0 Å². The third kappa shape index (κ3) is 3.80. The van der Waals surface area contributed by atoms with Crippen LogP contribution in [0.2, 0.25) is 0 Å². The standard InChI is InChI=1S/C26H38O11/c1-24-7-5-12(36-22-19(30)17(28)18(29)20(37-22)21(31)32)9-11(24)3-4-13-14-6-8-26(35,23(33)34)25(14,2)10-15(27)16(13)24/h11-14,16-20,22,28-30,35H,3-10H2,1-2H3,(H,31,32)(H,33,34). The zero-order valence-electron chi connectivity index (χ0n) is 21.2. The number of fused-ring (bicyclic) bond motifs is 5. The number of rotatable bonds is 4. The fraction of sp³-hybridized carbons (Fsp3) is 0.885. The molecular weight excluding hydrogens is 488 g/mol. The smallest absolute Gasteiger partial charge is 0.336 e. The number of hydrogen-bond acceptors (Lipinski definition) is 9. The Morgan fingerprint density at radius 3 is 2.32 bits per heavy atom. The lowest BCUT2D eigenvalue weighted by Crippen LogP contribution is -2.62. The van der Waals surface area contributed by atoms with Gasteiger partial charge >= 0.3 is 11.9 Å². The number of carbonyl (C=O) groups is 3. The molecule has 0 aromatic heterocycles. The second kappa shape index (κ2) is 8.96. The first-order chi connectivity index (χ1) is 17.2. The molecule has 4 aliphatic carbocycles. The van der Waals surface area contributed by atoms with Gasteiger partial charge in [0.05, 0.1) is 6.10 Å². The van der Waals surface area contributed by atoms with Crippen LogP contribution in [0.15, 0.2) is 0 Å². The Bertz CT molecular complexity index is 970. The van der Waals surface area contributed by atoms with Crippen molar-refractivity contribution in [2.24, 2.45) is 34.5 Å². The number of ketones is 1. The quantitative estimate of drug-likeness (QED) is 0.276. The molecule has 11 heteroatoms. The average Bonchev–Trinajstić information content (AvgIpc) is 3.10. The lowest BCUT2D eigenvalue weighted by molar-refractivity contribution is -0.309. The number of carboxylic acids is 2. The minimum atomic E-state index is -1.89. The Morgan fingerprint density at radius 2 is 1.68 bits per heavy atom. The van der Waals surface area contributed by atoms with Crippen LogP contribution in [0, 0.1) is 34.5 Å². The molecule has 0 aromatic carbocycles. The number of aliphatic hydroxyl groups is 4. The van der Waals surface area contributed by atoms with E-state index in [9.17, 15) is 45.0 Å². The molecule has 13 atom stereocenters. The van der Waals surface area contributed by atoms with Gasteiger partial charge in [0.15, 0.2) is 18.0 Å². The van der Waals surface area contributed by atoms with E-state index in [2.05, 4.69) is 6.92 Å². The van der Waals surface area contributed by atoms with Gasteiger partial charge in [-0.25, -0.2) is 9.59 Å². The molecular formula is C26H38O11. The second-order valence-corrected chi connectivity index (χ2v) is 12.6. The number of aliphatic carboxylic acids is 2. The van der Waals surface area contributed by atoms with Crippen molar-refractivity contribution in [1.29, 1.82) is 0 Å². The van der Waals surface area contributed by atoms with E-state index in [4.69, 9.17) is 9.47 Å². The van der Waals surface area contributed by atoms with Gasteiger partial charge in [0.2, 0.25) is 0 Å². The number of Topliss-reactive ketones (excluding diaryl/α,β-unsaturated/α-hetero) is 1. The van der Waals surface area contributed by atoms with Gasteiger partial charge in [0.1, 0.15) is 24.1 Å². The lowest BCUT2D eigenvalue weighted by atomic mass is 9.44. The van der Waals surface area contributed by atoms with Crippen molar-refractivity contribution in [3.05, 3.63) is 0 Å². The molecule has 13 unspecified atom stereocenters. The van der Waals surface area contributed by atoms with Crippen molar-refractivity contribution in [2.75, 3.05) is 0 Å². The largest absolute Gasteiger partial charge is 0.479 e. The fourth-order valence-corrected chi connectivity index (χ4v) is 8.87. The van der Waals surface area contributed by atoms with Gasteiger partial charge in [-0.05, 0) is 68.1 Å². The summed E-state index contributed by atoms with van der Waals surface area (Å²) < 4.78 is 11.2. The molecule has 4 saturated carbocycles. The molecule has 37 heavy (non-hydrogen) atoms. The van der Waals surface area contributed by atoms with Crippen LogP contribution in [-0.4, -0.2) is 90.8 Å². The molecule has 0 bridgehead atoms. The van der Waals surface area contributed by atoms with E-state index in [-0.39, 0.29) is 47.7 Å². The monoisotopic (exact) mass is 526 g/mol. The van der Waals surface area contributed by atoms with E-state index in [1.807, 2.05) is 0 Å². The summed E-state index contributed by atoms with van der Waals surface area (Å²) in [5.41, 5.74) is -3.20. The van der Waals surface area contributed by atoms with Crippen molar-refractivity contribution in [3.8, 4) is 0 Å². The maximum atomic E-state index is 13.7. The highest BCUT2D eigenvalue weighted by Crippen LogP contribution is 2.67. The molecule has 5 rings (SSSR count). The van der Waals surface area contributed by atoms with Crippen LogP contribution in [0.4, 0.5) is 0 Å². The molecule has 5 aliphatic rings. The molecule has 0 aromatic rings. The van der Waals surface area contributed by atoms with Gasteiger partial charge in [-0.3, -0.25) is 4.79 Å². The van der Waals surface area contributed by atoms with Crippen LogP contribution in [0.25, 0.3) is 0 Å². The summed E-state index contributed by atoms with van der Waals surface area (Å²) in [5.74, 6) is -2.85. The first kappa shape index (κ1) is 27.0. The van der Waals surface area contributed by atoms with Gasteiger partial charge in [0.25, 0.3) is 0 Å². The number of carbonyl (C=O) groups excluding carboxylic acids is 1. The molecule has 1 saturated heterocycles. The second-order valence-electron chi connectivity index (χ2n) is 12.6. The number of carboxylic acid groups (broad SMARTS) is 2. The SMILES string of the molecule is CC12CCC(OC3OC(C(=O)O)C(O)C(O)C3O)CC1CCC1C2C(=O)CC2(C)C1CCC2(O)C(=O)O. The summed E-state index contributed by atoms with van der Waals surface area (Å²) >= 11 is 0. The normalized spacial score (nSPS) is 53.6. The predicted octanol–water partition coefficient (Wildman–Crippen LogP) is 0.301. The van der Waals surface area contributed by atoms with E-state index in [0.717, 1.165) is 12.8 Å². The van der Waals surface area contributed by atoms with Crippen LogP contribution < -0.4 is 0 Å². The van der Waals surface area contributed by atoms with Crippen molar-refractivity contribution < 1.29 is 54.5 Å². The third-order valence-electron chi connectivity index (χ3n) is 11.0. The van der Waals surface area contributed by atoms with Crippen molar-refractivity contribution in [2.45, 2.75) is 108 Å². The maximum absolute atomic E-state index is 13.7. The highest BCUT2D eigenvalue weighted by atomic mass is 16.7. The van der Waals surface area contributed by atoms with Gasteiger partial charge in [-0.15, -0.1) is 0 Å². The van der Waals surface area contributed by atoms with Gasteiger partial charge < -0.3 is 40.1 Å². The Labute approximate surface area is 214 Å². The first-order valence-electron chi connectivity index (χ1n) is 13.3. The minimum Gasteiger partial charge on any atom is -0.479 e. The molecule has 0 radical (unpaired) electrons. The minimum absolute atomic E-state index is 0.00908. The maximum Gasteiger partial charge on any atom is 0.336 e. The first-order valence-corrected chi connectivity index (χ1v) is 13.3. The topological polar surface area (TPSA) is 191 Å². The number of aliphatic hydroxyl groups excluding tert-OH is 3. The summed E-state index contributed by atoms with van der Waals surface area (Å²) in [6.07, 6.45) is -4.57. The third-order valence-corrected chi connectivity index (χ3v) is 11.0. The predicted molar refractivity (Wildman–Crippen MR) is 124 cm³/mol. The van der Waals surface area contributed by atoms with Gasteiger partial charge in [-0.1, -0.05) is 13.8 Å². The number of hydrogen-bond donors (Lipinski definition) is 6. The van der Waals surface area contributed by atoms with Crippen LogP contribution in [-0.2, 0) is 23.9 Å². The van der Waals surface area contributed by atoms with Crippen LogP contribution >= 0.6 is 0 Å². The van der Waals surface area contributed by atoms with E-state index in [0.29, 0.717) is 25.7 Å². The van der Waals surface area contributed by atoms with Crippen LogP contribution in [0.1, 0.15) is 65.2 Å². The molecule has 11 nitrogen and oxygen atoms in total. The summed E-state index contributed by atoms with van der Waals surface area (Å²) in [6, 6.07) is 0. The average molecular weight is 527 g/mol. The molecule has 208 valence electrons.